The number of rotatable bonds is 6. The zero-order valence-electron chi connectivity index (χ0n) is 16.8. The second-order valence-corrected chi connectivity index (χ2v) is 8.82. The molecule has 0 aliphatic carbocycles. The van der Waals surface area contributed by atoms with Crippen LogP contribution in [0.15, 0.2) is 64.3 Å². The summed E-state index contributed by atoms with van der Waals surface area (Å²) in [6, 6.07) is 14.6. The molecule has 1 N–H and O–H groups in total. The van der Waals surface area contributed by atoms with Crippen LogP contribution in [-0.4, -0.2) is 25.6 Å². The molecule has 10 heteroatoms. The van der Waals surface area contributed by atoms with Crippen molar-refractivity contribution in [3.05, 3.63) is 96.2 Å². The van der Waals surface area contributed by atoms with Gasteiger partial charge in [0.1, 0.15) is 5.75 Å². The molecule has 0 saturated carbocycles. The summed E-state index contributed by atoms with van der Waals surface area (Å²) in [5.74, 6) is -0.126. The molecule has 4 rings (SSSR count). The van der Waals surface area contributed by atoms with Crippen molar-refractivity contribution in [3.63, 3.8) is 0 Å². The van der Waals surface area contributed by atoms with E-state index < -0.39 is 4.92 Å². The summed E-state index contributed by atoms with van der Waals surface area (Å²) in [4.78, 5) is 24.9. The van der Waals surface area contributed by atoms with Gasteiger partial charge in [-0.25, -0.2) is 4.68 Å². The van der Waals surface area contributed by atoms with Crippen LogP contribution in [0.25, 0.3) is 10.9 Å². The smallest absolute Gasteiger partial charge is 0.274 e. The van der Waals surface area contributed by atoms with Crippen LogP contribution in [0.5, 0.6) is 5.75 Å². The number of nitro benzene ring substituents is 1. The average Bonchev–Trinajstić information content (AvgIpc) is 3.02. The van der Waals surface area contributed by atoms with Crippen molar-refractivity contribution in [1.82, 2.24) is 9.36 Å². The summed E-state index contributed by atoms with van der Waals surface area (Å²) >= 11 is 13.7. The molecule has 0 aliphatic heterocycles. The summed E-state index contributed by atoms with van der Waals surface area (Å²) in [7, 11) is 0. The Bertz CT molecular complexity index is 1410. The lowest BCUT2D eigenvalue weighted by Gasteiger charge is -2.14. The van der Waals surface area contributed by atoms with Crippen LogP contribution < -0.4 is 5.56 Å². The number of nitro groups is 1. The van der Waals surface area contributed by atoms with E-state index in [9.17, 15) is 20.0 Å². The predicted octanol–water partition coefficient (Wildman–Crippen LogP) is 5.54. The Morgan fingerprint density at radius 2 is 1.78 bits per heavy atom. The van der Waals surface area contributed by atoms with Gasteiger partial charge in [-0.1, -0.05) is 29.3 Å². The highest BCUT2D eigenvalue weighted by molar-refractivity contribution is 7.98. The molecule has 0 atom stereocenters. The van der Waals surface area contributed by atoms with Crippen molar-refractivity contribution in [2.45, 2.75) is 18.0 Å². The van der Waals surface area contributed by atoms with E-state index in [0.29, 0.717) is 27.5 Å². The molecular weight excluding hydrogens is 473 g/mol. The third kappa shape index (κ3) is 4.21. The van der Waals surface area contributed by atoms with Gasteiger partial charge in [0.2, 0.25) is 0 Å². The quantitative estimate of drug-likeness (QED) is 0.218. The largest absolute Gasteiger partial charge is 0.508 e. The second-order valence-electron chi connectivity index (χ2n) is 7.12. The fourth-order valence-corrected chi connectivity index (χ4v) is 4.29. The van der Waals surface area contributed by atoms with Crippen LogP contribution in [0, 0.1) is 10.1 Å². The molecule has 1 aromatic heterocycles. The number of hydrogen-bond acceptors (Lipinski definition) is 5. The number of phenols is 1. The van der Waals surface area contributed by atoms with Crippen molar-refractivity contribution in [2.24, 2.45) is 0 Å². The van der Waals surface area contributed by atoms with Crippen LogP contribution in [0.2, 0.25) is 10.0 Å². The van der Waals surface area contributed by atoms with Gasteiger partial charge >= 0.3 is 0 Å². The Labute approximate surface area is 196 Å². The van der Waals surface area contributed by atoms with E-state index >= 15 is 0 Å². The normalized spacial score (nSPS) is 11.2. The van der Waals surface area contributed by atoms with Crippen LogP contribution >= 0.6 is 35.0 Å². The maximum atomic E-state index is 13.3. The summed E-state index contributed by atoms with van der Waals surface area (Å²) in [6.45, 7) is 0.265. The fraction of sp³-hybridized carbons (Fsp3) is 0.136. The molecule has 0 spiro atoms. The first-order valence-corrected chi connectivity index (χ1v) is 11.4. The molecule has 0 bridgehead atoms. The highest BCUT2D eigenvalue weighted by atomic mass is 35.5. The number of nitrogens with zero attached hydrogens (tertiary/aromatic N) is 3. The van der Waals surface area contributed by atoms with Gasteiger partial charge in [-0.2, -0.15) is 0 Å². The van der Waals surface area contributed by atoms with E-state index in [1.807, 2.05) is 30.5 Å². The summed E-state index contributed by atoms with van der Waals surface area (Å²) in [5.41, 5.74) is 1.36. The van der Waals surface area contributed by atoms with Crippen LogP contribution in [-0.2, 0) is 13.1 Å². The summed E-state index contributed by atoms with van der Waals surface area (Å²) in [6.07, 6.45) is 1.92. The SMILES string of the molecule is CSc1ccc2c(c1)c(=O)n(Cc1cc([N+](=O)[O-])ccc1O)n2Cc1ccc(Cl)c(Cl)c1. The Hall–Kier alpha value is -2.94. The third-order valence-electron chi connectivity index (χ3n) is 5.15. The zero-order chi connectivity index (χ0) is 23.0. The van der Waals surface area contributed by atoms with Gasteiger partial charge in [0.15, 0.2) is 0 Å². The third-order valence-corrected chi connectivity index (χ3v) is 6.61. The van der Waals surface area contributed by atoms with Crippen molar-refractivity contribution < 1.29 is 10.0 Å². The predicted molar refractivity (Wildman–Crippen MR) is 127 cm³/mol. The minimum absolute atomic E-state index is 0.0447. The molecule has 0 unspecified atom stereocenters. The van der Waals surface area contributed by atoms with Gasteiger partial charge in [-0.3, -0.25) is 19.6 Å². The van der Waals surface area contributed by atoms with E-state index in [1.54, 1.807) is 16.8 Å². The number of hydrogen-bond donors (Lipinski definition) is 1. The molecular formula is C22H17Cl2N3O4S. The Morgan fingerprint density at radius 1 is 1.00 bits per heavy atom. The fourth-order valence-electron chi connectivity index (χ4n) is 3.53. The molecule has 164 valence electrons. The topological polar surface area (TPSA) is 90.3 Å². The van der Waals surface area contributed by atoms with Crippen molar-refractivity contribution in [3.8, 4) is 5.75 Å². The first-order chi connectivity index (χ1) is 15.3. The van der Waals surface area contributed by atoms with Crippen molar-refractivity contribution in [2.75, 3.05) is 6.26 Å². The summed E-state index contributed by atoms with van der Waals surface area (Å²) < 4.78 is 3.25. The maximum Gasteiger partial charge on any atom is 0.274 e. The highest BCUT2D eigenvalue weighted by Gasteiger charge is 2.18. The number of thioether (sulfide) groups is 1. The molecule has 32 heavy (non-hydrogen) atoms. The second kappa shape index (κ2) is 8.90. The van der Waals surface area contributed by atoms with Gasteiger partial charge < -0.3 is 5.11 Å². The molecule has 0 amide bonds. The summed E-state index contributed by atoms with van der Waals surface area (Å²) in [5, 5.41) is 22.8. The average molecular weight is 490 g/mol. The Morgan fingerprint density at radius 3 is 2.47 bits per heavy atom. The van der Waals surface area contributed by atoms with Gasteiger partial charge in [0.05, 0.1) is 39.0 Å². The number of fused-ring (bicyclic) bond motifs is 1. The molecule has 0 fully saturated rings. The number of aromatic nitrogens is 2. The van der Waals surface area contributed by atoms with Crippen molar-refractivity contribution in [1.29, 1.82) is 0 Å². The molecule has 1 heterocycles. The molecule has 7 nitrogen and oxygen atoms in total. The zero-order valence-corrected chi connectivity index (χ0v) is 19.1. The van der Waals surface area contributed by atoms with Crippen molar-refractivity contribution >= 4 is 51.6 Å². The minimum Gasteiger partial charge on any atom is -0.508 e. The van der Waals surface area contributed by atoms with Gasteiger partial charge in [-0.15, -0.1) is 11.8 Å². The monoisotopic (exact) mass is 489 g/mol. The number of halogens is 2. The van der Waals surface area contributed by atoms with Gasteiger partial charge in [-0.05, 0) is 48.2 Å². The number of non-ortho nitro benzene ring substituents is 1. The lowest BCUT2D eigenvalue weighted by molar-refractivity contribution is -0.384. The van der Waals surface area contributed by atoms with Crippen LogP contribution in [0.1, 0.15) is 11.1 Å². The molecule has 4 aromatic rings. The van der Waals surface area contributed by atoms with E-state index in [4.69, 9.17) is 23.2 Å². The maximum absolute atomic E-state index is 13.3. The molecule has 0 radical (unpaired) electrons. The number of aromatic hydroxyl groups is 1. The van der Waals surface area contributed by atoms with E-state index in [1.165, 1.54) is 34.6 Å². The highest BCUT2D eigenvalue weighted by Crippen LogP contribution is 2.27. The Balaban J connectivity index is 1.89. The van der Waals surface area contributed by atoms with E-state index in [-0.39, 0.29) is 29.1 Å². The number of benzene rings is 3. The standard InChI is InChI=1S/C22H17Cl2N3O4S/c1-32-16-4-6-20-17(10-16)22(29)26(12-14-9-15(27(30)31)3-7-21(14)28)25(20)11-13-2-5-18(23)19(24)8-13/h2-10,28H,11-12H2,1H3. The van der Waals surface area contributed by atoms with Gasteiger partial charge in [0.25, 0.3) is 11.2 Å². The molecule has 0 aliphatic rings. The molecule has 3 aromatic carbocycles. The first-order valence-electron chi connectivity index (χ1n) is 9.46. The Kier molecular flexibility index (Phi) is 6.19. The first kappa shape index (κ1) is 22.3. The lowest BCUT2D eigenvalue weighted by Crippen LogP contribution is -2.24. The molecule has 0 saturated heterocycles. The van der Waals surface area contributed by atoms with E-state index in [2.05, 4.69) is 0 Å². The van der Waals surface area contributed by atoms with E-state index in [0.717, 1.165) is 10.5 Å². The number of phenolic OH excluding ortho intramolecular Hbond substituents is 1. The lowest BCUT2D eigenvalue weighted by atomic mass is 10.2. The van der Waals surface area contributed by atoms with Crippen LogP contribution in [0.3, 0.4) is 0 Å². The van der Waals surface area contributed by atoms with Crippen LogP contribution in [0.4, 0.5) is 5.69 Å². The van der Waals surface area contributed by atoms with Gasteiger partial charge in [0, 0.05) is 22.6 Å². The minimum atomic E-state index is -0.540.